The highest BCUT2D eigenvalue weighted by atomic mass is 35.5. The maximum absolute atomic E-state index is 12.5. The molecule has 3 aromatic rings. The second kappa shape index (κ2) is 8.51. The maximum Gasteiger partial charge on any atom is 0.274 e. The average Bonchev–Trinajstić information content (AvgIpc) is 2.65. The molecule has 0 radical (unpaired) electrons. The molecule has 1 heterocycles. The number of rotatable bonds is 6. The number of nitrogens with zero attached hydrogens (tertiary/aromatic N) is 2. The van der Waals surface area contributed by atoms with Crippen molar-refractivity contribution in [2.45, 2.75) is 20.0 Å². The van der Waals surface area contributed by atoms with E-state index >= 15 is 0 Å². The number of anilines is 3. The summed E-state index contributed by atoms with van der Waals surface area (Å²) in [6.07, 6.45) is 1.61. The molecule has 1 amide bonds. The third-order valence-corrected chi connectivity index (χ3v) is 3.82. The number of hydrogen-bond donors (Lipinski definition) is 2. The molecule has 3 rings (SSSR count). The third kappa shape index (κ3) is 5.18. The van der Waals surface area contributed by atoms with Gasteiger partial charge in [-0.25, -0.2) is 9.97 Å². The molecular formula is C20H19ClN4O2. The molecule has 7 heteroatoms. The van der Waals surface area contributed by atoms with E-state index in [0.29, 0.717) is 16.4 Å². The Bertz CT molecular complexity index is 929. The van der Waals surface area contributed by atoms with E-state index in [1.54, 1.807) is 42.5 Å². The molecule has 0 saturated heterocycles. The summed E-state index contributed by atoms with van der Waals surface area (Å²) in [5.74, 6) is 0.699. The number of aromatic nitrogens is 2. The second-order valence-electron chi connectivity index (χ2n) is 6.02. The van der Waals surface area contributed by atoms with Crippen LogP contribution in [0.1, 0.15) is 24.3 Å². The molecule has 6 nitrogen and oxygen atoms in total. The molecule has 0 spiro atoms. The predicted octanol–water partition coefficient (Wildman–Crippen LogP) is 4.91. The molecule has 0 bridgehead atoms. The highest BCUT2D eigenvalue weighted by Crippen LogP contribution is 2.23. The molecule has 138 valence electrons. The van der Waals surface area contributed by atoms with Crippen LogP contribution in [-0.4, -0.2) is 22.0 Å². The van der Waals surface area contributed by atoms with Crippen molar-refractivity contribution in [1.82, 2.24) is 9.97 Å². The number of benzene rings is 2. The van der Waals surface area contributed by atoms with Crippen molar-refractivity contribution in [3.8, 4) is 5.75 Å². The van der Waals surface area contributed by atoms with Crippen molar-refractivity contribution in [1.29, 1.82) is 0 Å². The molecule has 0 saturated carbocycles. The largest absolute Gasteiger partial charge is 0.491 e. The van der Waals surface area contributed by atoms with Crippen LogP contribution in [0.3, 0.4) is 0 Å². The number of nitrogens with one attached hydrogen (secondary N) is 2. The minimum Gasteiger partial charge on any atom is -0.491 e. The minimum absolute atomic E-state index is 0.0931. The van der Waals surface area contributed by atoms with Crippen LogP contribution in [-0.2, 0) is 0 Å². The van der Waals surface area contributed by atoms with Gasteiger partial charge in [-0.15, -0.1) is 0 Å². The van der Waals surface area contributed by atoms with Crippen LogP contribution in [0.4, 0.5) is 17.3 Å². The summed E-state index contributed by atoms with van der Waals surface area (Å²) in [4.78, 5) is 20.8. The minimum atomic E-state index is -0.336. The number of ether oxygens (including phenoxy) is 1. The van der Waals surface area contributed by atoms with E-state index in [9.17, 15) is 4.79 Å². The molecule has 0 aliphatic heterocycles. The summed E-state index contributed by atoms with van der Waals surface area (Å²) in [6.45, 7) is 3.91. The van der Waals surface area contributed by atoms with E-state index in [-0.39, 0.29) is 23.7 Å². The number of halogens is 1. The van der Waals surface area contributed by atoms with Crippen molar-refractivity contribution in [3.63, 3.8) is 0 Å². The third-order valence-electron chi connectivity index (χ3n) is 3.49. The van der Waals surface area contributed by atoms with Gasteiger partial charge in [-0.3, -0.25) is 4.79 Å². The van der Waals surface area contributed by atoms with Gasteiger partial charge in [0.1, 0.15) is 11.4 Å². The van der Waals surface area contributed by atoms with E-state index in [2.05, 4.69) is 20.6 Å². The molecular weight excluding hydrogens is 364 g/mol. The first-order valence-corrected chi connectivity index (χ1v) is 8.82. The summed E-state index contributed by atoms with van der Waals surface area (Å²) >= 11 is 6.12. The number of para-hydroxylation sites is 1. The maximum atomic E-state index is 12.5. The summed E-state index contributed by atoms with van der Waals surface area (Å²) in [7, 11) is 0. The average molecular weight is 383 g/mol. The van der Waals surface area contributed by atoms with E-state index in [4.69, 9.17) is 16.3 Å². The summed E-state index contributed by atoms with van der Waals surface area (Å²) in [6, 6.07) is 15.9. The standard InChI is InChI=1S/C20H19ClN4O2/c1-13(2)27-15-9-7-14(8-10-15)23-19(26)18-11-12-22-20(25-18)24-17-6-4-3-5-16(17)21/h3-13H,1-2H3,(H,23,26)(H,22,24,25). The monoisotopic (exact) mass is 382 g/mol. The van der Waals surface area contributed by atoms with Gasteiger partial charge >= 0.3 is 0 Å². The highest BCUT2D eigenvalue weighted by Gasteiger charge is 2.10. The quantitative estimate of drug-likeness (QED) is 0.633. The van der Waals surface area contributed by atoms with Crippen LogP contribution < -0.4 is 15.4 Å². The fraction of sp³-hybridized carbons (Fsp3) is 0.150. The molecule has 0 atom stereocenters. The van der Waals surface area contributed by atoms with Gasteiger partial charge in [-0.1, -0.05) is 23.7 Å². The lowest BCUT2D eigenvalue weighted by atomic mass is 10.3. The van der Waals surface area contributed by atoms with Gasteiger partial charge in [0, 0.05) is 11.9 Å². The van der Waals surface area contributed by atoms with Gasteiger partial charge in [0.2, 0.25) is 5.95 Å². The van der Waals surface area contributed by atoms with Gasteiger partial charge < -0.3 is 15.4 Å². The molecule has 1 aromatic heterocycles. The Kier molecular flexibility index (Phi) is 5.88. The van der Waals surface area contributed by atoms with Gasteiger partial charge in [0.15, 0.2) is 0 Å². The SMILES string of the molecule is CC(C)Oc1ccc(NC(=O)c2ccnc(Nc3ccccc3Cl)n2)cc1. The topological polar surface area (TPSA) is 76.1 Å². The Morgan fingerprint density at radius 3 is 2.52 bits per heavy atom. The van der Waals surface area contributed by atoms with Gasteiger partial charge in [0.25, 0.3) is 5.91 Å². The predicted molar refractivity (Wildman–Crippen MR) is 107 cm³/mol. The lowest BCUT2D eigenvalue weighted by molar-refractivity contribution is 0.102. The van der Waals surface area contributed by atoms with Crippen molar-refractivity contribution < 1.29 is 9.53 Å². The van der Waals surface area contributed by atoms with Gasteiger partial charge in [-0.2, -0.15) is 0 Å². The Morgan fingerprint density at radius 2 is 1.81 bits per heavy atom. The first-order valence-electron chi connectivity index (χ1n) is 8.44. The van der Waals surface area contributed by atoms with Gasteiger partial charge in [0.05, 0.1) is 16.8 Å². The lowest BCUT2D eigenvalue weighted by Gasteiger charge is -2.11. The van der Waals surface area contributed by atoms with Crippen molar-refractivity contribution in [2.75, 3.05) is 10.6 Å². The Hall–Kier alpha value is -3.12. The molecule has 2 N–H and O–H groups in total. The number of carbonyl (C=O) groups excluding carboxylic acids is 1. The van der Waals surface area contributed by atoms with E-state index in [1.807, 2.05) is 26.0 Å². The summed E-state index contributed by atoms with van der Waals surface area (Å²) < 4.78 is 5.59. The van der Waals surface area contributed by atoms with E-state index < -0.39 is 0 Å². The number of hydrogen-bond acceptors (Lipinski definition) is 5. The molecule has 27 heavy (non-hydrogen) atoms. The van der Waals surface area contributed by atoms with Crippen LogP contribution in [0.2, 0.25) is 5.02 Å². The fourth-order valence-corrected chi connectivity index (χ4v) is 2.50. The van der Waals surface area contributed by atoms with E-state index in [1.165, 1.54) is 6.20 Å². The summed E-state index contributed by atoms with van der Waals surface area (Å²) in [5.41, 5.74) is 1.55. The first kappa shape index (κ1) is 18.7. The molecule has 0 fully saturated rings. The normalized spacial score (nSPS) is 10.5. The first-order chi connectivity index (χ1) is 13.0. The molecule has 0 aliphatic carbocycles. The van der Waals surface area contributed by atoms with Crippen molar-refractivity contribution in [2.24, 2.45) is 0 Å². The number of carbonyl (C=O) groups is 1. The van der Waals surface area contributed by atoms with E-state index in [0.717, 1.165) is 5.75 Å². The summed E-state index contributed by atoms with van der Waals surface area (Å²) in [5, 5.41) is 6.35. The van der Waals surface area contributed by atoms with Gasteiger partial charge in [-0.05, 0) is 56.3 Å². The van der Waals surface area contributed by atoms with Crippen LogP contribution in [0.5, 0.6) is 5.75 Å². The fourth-order valence-electron chi connectivity index (χ4n) is 2.31. The number of amides is 1. The zero-order chi connectivity index (χ0) is 19.2. The second-order valence-corrected chi connectivity index (χ2v) is 6.42. The van der Waals surface area contributed by atoms with Crippen LogP contribution >= 0.6 is 11.6 Å². The Balaban J connectivity index is 1.69. The van der Waals surface area contributed by atoms with Crippen LogP contribution in [0.15, 0.2) is 60.8 Å². The Morgan fingerprint density at radius 1 is 1.07 bits per heavy atom. The van der Waals surface area contributed by atoms with Crippen LogP contribution in [0.25, 0.3) is 0 Å². The van der Waals surface area contributed by atoms with Crippen molar-refractivity contribution in [3.05, 3.63) is 71.5 Å². The zero-order valence-corrected chi connectivity index (χ0v) is 15.7. The van der Waals surface area contributed by atoms with Crippen molar-refractivity contribution >= 4 is 34.8 Å². The highest BCUT2D eigenvalue weighted by molar-refractivity contribution is 6.33. The Labute approximate surface area is 162 Å². The molecule has 0 aliphatic rings. The van der Waals surface area contributed by atoms with Crippen LogP contribution in [0, 0.1) is 0 Å². The molecule has 0 unspecified atom stereocenters. The zero-order valence-electron chi connectivity index (χ0n) is 14.9. The molecule has 2 aromatic carbocycles. The smallest absolute Gasteiger partial charge is 0.274 e. The lowest BCUT2D eigenvalue weighted by Crippen LogP contribution is -2.15.